The topological polar surface area (TPSA) is 79.5 Å². The average Bonchev–Trinajstić information content (AvgIpc) is 3.01. The smallest absolute Gasteiger partial charge is 0.265 e. The number of aromatic nitrogens is 1. The number of aliphatic hydroxyl groups excluding tert-OH is 1. The molecule has 0 aromatic carbocycles. The third-order valence-electron chi connectivity index (χ3n) is 4.57. The molecule has 0 spiro atoms. The van der Waals surface area contributed by atoms with Gasteiger partial charge in [-0.15, -0.1) is 0 Å². The second kappa shape index (κ2) is 4.76. The maximum atomic E-state index is 12.3. The molecule has 1 aromatic rings. The first-order chi connectivity index (χ1) is 9.04. The first-order valence-corrected chi connectivity index (χ1v) is 7.52. The average molecular weight is 281 g/mol. The van der Waals surface area contributed by atoms with Gasteiger partial charge in [0.2, 0.25) is 0 Å². The molecule has 19 heavy (non-hydrogen) atoms. The molecular weight excluding hydrogens is 262 g/mol. The highest BCUT2D eigenvalue weighted by Gasteiger charge is 2.43. The molecule has 6 heteroatoms. The number of amides is 1. The third kappa shape index (κ3) is 2.34. The predicted octanol–water partition coefficient (Wildman–Crippen LogP) is 1.35. The number of aliphatic hydroxyl groups is 1. The molecule has 2 aliphatic rings. The van der Waals surface area contributed by atoms with Gasteiger partial charge in [0.25, 0.3) is 5.91 Å². The molecule has 5 nitrogen and oxygen atoms in total. The van der Waals surface area contributed by atoms with E-state index in [1.165, 1.54) is 11.3 Å². The largest absolute Gasteiger partial charge is 0.393 e. The summed E-state index contributed by atoms with van der Waals surface area (Å²) in [4.78, 5) is 18.7. The molecule has 1 heterocycles. The van der Waals surface area contributed by atoms with Gasteiger partial charge >= 0.3 is 0 Å². The lowest BCUT2D eigenvalue weighted by molar-refractivity contribution is 0.0727. The van der Waals surface area contributed by atoms with E-state index in [1.54, 1.807) is 6.20 Å². The van der Waals surface area contributed by atoms with Crippen LogP contribution in [0.25, 0.3) is 0 Å². The van der Waals surface area contributed by atoms with Crippen LogP contribution in [-0.4, -0.2) is 40.1 Å². The normalized spacial score (nSPS) is 33.4. The summed E-state index contributed by atoms with van der Waals surface area (Å²) < 4.78 is 0. The summed E-state index contributed by atoms with van der Waals surface area (Å²) in [6.07, 6.45) is 5.25. The predicted molar refractivity (Wildman–Crippen MR) is 73.9 cm³/mol. The van der Waals surface area contributed by atoms with Crippen molar-refractivity contribution in [1.29, 1.82) is 0 Å². The standard InChI is InChI=1S/C13H19N3O2S/c1-16(12(18)11-6-15-13(14)19-11)9-2-7-4-10(17)5-8(7)3-9/h6-10,17H,2-5H2,1H3,(H2,14,15)/t7-,8+,9?,10?. The van der Waals surface area contributed by atoms with Crippen LogP contribution in [0.2, 0.25) is 0 Å². The molecule has 2 fully saturated rings. The van der Waals surface area contributed by atoms with Crippen LogP contribution >= 0.6 is 11.3 Å². The highest BCUT2D eigenvalue weighted by Crippen LogP contribution is 2.45. The van der Waals surface area contributed by atoms with E-state index in [1.807, 2.05) is 11.9 Å². The van der Waals surface area contributed by atoms with Crippen molar-refractivity contribution in [3.63, 3.8) is 0 Å². The molecule has 0 radical (unpaired) electrons. The van der Waals surface area contributed by atoms with Gasteiger partial charge in [-0.25, -0.2) is 4.98 Å². The summed E-state index contributed by atoms with van der Waals surface area (Å²) in [5.74, 6) is 1.18. The molecule has 4 atom stereocenters. The molecular formula is C13H19N3O2S. The Bertz CT molecular complexity index is 476. The van der Waals surface area contributed by atoms with Gasteiger partial charge in [-0.2, -0.15) is 0 Å². The fourth-order valence-electron chi connectivity index (χ4n) is 3.59. The van der Waals surface area contributed by atoms with Gasteiger partial charge in [-0.05, 0) is 37.5 Å². The van der Waals surface area contributed by atoms with E-state index in [0.717, 1.165) is 25.7 Å². The van der Waals surface area contributed by atoms with Gasteiger partial charge in [0.15, 0.2) is 5.13 Å². The van der Waals surface area contributed by atoms with Crippen LogP contribution in [-0.2, 0) is 0 Å². The molecule has 0 saturated heterocycles. The minimum atomic E-state index is -0.127. The number of nitrogens with two attached hydrogens (primary N) is 1. The van der Waals surface area contributed by atoms with Gasteiger partial charge in [0.1, 0.15) is 4.88 Å². The minimum absolute atomic E-state index is 0.0136. The van der Waals surface area contributed by atoms with Crippen LogP contribution in [0.5, 0.6) is 0 Å². The van der Waals surface area contributed by atoms with Gasteiger partial charge in [-0.3, -0.25) is 4.79 Å². The van der Waals surface area contributed by atoms with Crippen molar-refractivity contribution >= 4 is 22.4 Å². The van der Waals surface area contributed by atoms with Crippen molar-refractivity contribution in [3.05, 3.63) is 11.1 Å². The lowest BCUT2D eigenvalue weighted by atomic mass is 10.0. The number of carbonyl (C=O) groups is 1. The minimum Gasteiger partial charge on any atom is -0.393 e. The number of thiazole rings is 1. The highest BCUT2D eigenvalue weighted by molar-refractivity contribution is 7.17. The van der Waals surface area contributed by atoms with Gasteiger partial charge in [-0.1, -0.05) is 11.3 Å². The van der Waals surface area contributed by atoms with Crippen molar-refractivity contribution in [2.45, 2.75) is 37.8 Å². The summed E-state index contributed by atoms with van der Waals surface area (Å²) in [7, 11) is 1.86. The van der Waals surface area contributed by atoms with Crippen molar-refractivity contribution in [2.24, 2.45) is 11.8 Å². The summed E-state index contributed by atoms with van der Waals surface area (Å²) in [6.45, 7) is 0. The van der Waals surface area contributed by atoms with Gasteiger partial charge < -0.3 is 15.7 Å². The Morgan fingerprint density at radius 1 is 1.42 bits per heavy atom. The van der Waals surface area contributed by atoms with Crippen molar-refractivity contribution in [2.75, 3.05) is 12.8 Å². The molecule has 1 aromatic heterocycles. The Kier molecular flexibility index (Phi) is 3.22. The lowest BCUT2D eigenvalue weighted by Crippen LogP contribution is -2.35. The van der Waals surface area contributed by atoms with Crippen molar-refractivity contribution in [3.8, 4) is 0 Å². The molecule has 2 unspecified atom stereocenters. The summed E-state index contributed by atoms with van der Waals surface area (Å²) in [5.41, 5.74) is 5.57. The lowest BCUT2D eigenvalue weighted by Gasteiger charge is -2.25. The monoisotopic (exact) mass is 281 g/mol. The van der Waals surface area contributed by atoms with Gasteiger partial charge in [0.05, 0.1) is 12.3 Å². The fraction of sp³-hybridized carbons (Fsp3) is 0.692. The Balaban J connectivity index is 1.66. The van der Waals surface area contributed by atoms with Crippen LogP contribution < -0.4 is 5.73 Å². The van der Waals surface area contributed by atoms with E-state index in [4.69, 9.17) is 5.73 Å². The van der Waals surface area contributed by atoms with E-state index >= 15 is 0 Å². The van der Waals surface area contributed by atoms with Crippen molar-refractivity contribution in [1.82, 2.24) is 9.88 Å². The number of fused-ring (bicyclic) bond motifs is 1. The summed E-state index contributed by atoms with van der Waals surface area (Å²) in [6, 6.07) is 0.290. The van der Waals surface area contributed by atoms with E-state index in [2.05, 4.69) is 4.98 Å². The van der Waals surface area contributed by atoms with E-state index in [0.29, 0.717) is 27.9 Å². The second-order valence-electron chi connectivity index (χ2n) is 5.75. The van der Waals surface area contributed by atoms with Crippen molar-refractivity contribution < 1.29 is 9.90 Å². The first kappa shape index (κ1) is 12.9. The number of nitrogens with zero attached hydrogens (tertiary/aromatic N) is 2. The zero-order chi connectivity index (χ0) is 13.6. The maximum Gasteiger partial charge on any atom is 0.265 e. The zero-order valence-corrected chi connectivity index (χ0v) is 11.8. The number of anilines is 1. The third-order valence-corrected chi connectivity index (χ3v) is 5.38. The maximum absolute atomic E-state index is 12.3. The van der Waals surface area contributed by atoms with E-state index in [-0.39, 0.29) is 12.0 Å². The molecule has 2 aliphatic carbocycles. The Morgan fingerprint density at radius 3 is 2.58 bits per heavy atom. The number of carbonyl (C=O) groups excluding carboxylic acids is 1. The number of hydrogen-bond acceptors (Lipinski definition) is 5. The molecule has 2 saturated carbocycles. The summed E-state index contributed by atoms with van der Waals surface area (Å²) in [5, 5.41) is 10.1. The quantitative estimate of drug-likeness (QED) is 0.857. The molecule has 1 amide bonds. The molecule has 104 valence electrons. The molecule has 3 rings (SSSR count). The molecule has 3 N–H and O–H groups in total. The second-order valence-corrected chi connectivity index (χ2v) is 6.81. The first-order valence-electron chi connectivity index (χ1n) is 6.71. The van der Waals surface area contributed by atoms with Gasteiger partial charge in [0, 0.05) is 13.1 Å². The highest BCUT2D eigenvalue weighted by atomic mass is 32.1. The van der Waals surface area contributed by atoms with Crippen LogP contribution in [0.15, 0.2) is 6.20 Å². The number of rotatable bonds is 2. The van der Waals surface area contributed by atoms with Crippen LogP contribution in [0.4, 0.5) is 5.13 Å². The molecule has 0 bridgehead atoms. The van der Waals surface area contributed by atoms with E-state index in [9.17, 15) is 9.90 Å². The molecule has 0 aliphatic heterocycles. The Morgan fingerprint density at radius 2 is 2.05 bits per heavy atom. The SMILES string of the molecule is CN(C(=O)c1cnc(N)s1)C1C[C@H]2CC(O)C[C@H]2C1. The summed E-state index contributed by atoms with van der Waals surface area (Å²) >= 11 is 1.24. The van der Waals surface area contributed by atoms with Crippen LogP contribution in [0, 0.1) is 11.8 Å². The Hall–Kier alpha value is -1.14. The zero-order valence-electron chi connectivity index (χ0n) is 11.0. The number of nitrogen functional groups attached to an aromatic ring is 1. The fourth-order valence-corrected chi connectivity index (χ4v) is 4.26. The van der Waals surface area contributed by atoms with E-state index < -0.39 is 0 Å². The van der Waals surface area contributed by atoms with Crippen LogP contribution in [0.3, 0.4) is 0 Å². The number of hydrogen-bond donors (Lipinski definition) is 2. The van der Waals surface area contributed by atoms with Crippen LogP contribution in [0.1, 0.15) is 35.4 Å². The Labute approximate surface area is 116 Å².